The predicted molar refractivity (Wildman–Crippen MR) is 97.9 cm³/mol. The van der Waals surface area contributed by atoms with Crippen LogP contribution in [-0.4, -0.2) is 54.7 Å². The third-order valence-corrected chi connectivity index (χ3v) is 4.86. The van der Waals surface area contributed by atoms with Crippen molar-refractivity contribution in [3.63, 3.8) is 0 Å². The number of halogens is 7. The first-order valence-corrected chi connectivity index (χ1v) is 10.3. The van der Waals surface area contributed by atoms with Crippen molar-refractivity contribution < 1.29 is 67.5 Å². The number of hydrogen-bond donors (Lipinski definition) is 1. The Hall–Kier alpha value is -2.72. The monoisotopic (exact) mass is 526 g/mol. The Bertz CT molecular complexity index is 1010. The number of rotatable bonds is 11. The van der Waals surface area contributed by atoms with Crippen molar-refractivity contribution in [1.29, 1.82) is 0 Å². The summed E-state index contributed by atoms with van der Waals surface area (Å²) >= 11 is 0. The van der Waals surface area contributed by atoms with Gasteiger partial charge in [-0.05, 0) is 12.5 Å². The molecule has 0 amide bonds. The standard InChI is InChI=1S/C18H17F7O8S/c1-11(2)13(26)33-16(17(21,22)23,14(27)31-10-12-6-4-3-5-7-12)32-9-8-15(19,20)18(24,25)34(28,29)30/h3-7H,1,8-10H2,2H3,(H,28,29,30). The number of carbonyl (C=O) groups is 2. The van der Waals surface area contributed by atoms with Gasteiger partial charge in [0.2, 0.25) is 0 Å². The van der Waals surface area contributed by atoms with Crippen molar-refractivity contribution in [3.05, 3.63) is 48.0 Å². The van der Waals surface area contributed by atoms with Gasteiger partial charge in [0.15, 0.2) is 0 Å². The first kappa shape index (κ1) is 29.3. The first-order valence-electron chi connectivity index (χ1n) is 8.82. The minimum atomic E-state index is -6.69. The van der Waals surface area contributed by atoms with Gasteiger partial charge in [0.25, 0.3) is 0 Å². The Morgan fingerprint density at radius 2 is 1.56 bits per heavy atom. The maximum atomic E-state index is 13.8. The van der Waals surface area contributed by atoms with E-state index in [0.29, 0.717) is 0 Å². The van der Waals surface area contributed by atoms with Gasteiger partial charge in [-0.2, -0.15) is 39.2 Å². The molecule has 0 bridgehead atoms. The second kappa shape index (κ2) is 10.3. The van der Waals surface area contributed by atoms with Crippen LogP contribution in [0, 0.1) is 0 Å². The van der Waals surface area contributed by atoms with Gasteiger partial charge in [-0.1, -0.05) is 36.9 Å². The molecule has 8 nitrogen and oxygen atoms in total. The summed E-state index contributed by atoms with van der Waals surface area (Å²) in [6, 6.07) is 7.01. The van der Waals surface area contributed by atoms with Gasteiger partial charge in [-0.15, -0.1) is 0 Å². The molecule has 1 N–H and O–H groups in total. The van der Waals surface area contributed by atoms with Crippen LogP contribution in [0.2, 0.25) is 0 Å². The number of esters is 2. The molecule has 16 heteroatoms. The summed E-state index contributed by atoms with van der Waals surface area (Å²) in [6.45, 7) is 0.910. The highest BCUT2D eigenvalue weighted by Gasteiger charge is 2.69. The largest absolute Gasteiger partial charge is 0.468 e. The minimum Gasteiger partial charge on any atom is -0.456 e. The van der Waals surface area contributed by atoms with Crippen LogP contribution in [0.5, 0.6) is 0 Å². The molecular weight excluding hydrogens is 509 g/mol. The van der Waals surface area contributed by atoms with Crippen molar-refractivity contribution in [2.24, 2.45) is 0 Å². The highest BCUT2D eigenvalue weighted by molar-refractivity contribution is 7.87. The van der Waals surface area contributed by atoms with Crippen LogP contribution < -0.4 is 0 Å². The van der Waals surface area contributed by atoms with Crippen LogP contribution >= 0.6 is 0 Å². The van der Waals surface area contributed by atoms with E-state index in [9.17, 15) is 48.7 Å². The van der Waals surface area contributed by atoms with Crippen molar-refractivity contribution >= 4 is 22.1 Å². The second-order valence-corrected chi connectivity index (χ2v) is 8.10. The molecule has 1 aromatic carbocycles. The van der Waals surface area contributed by atoms with E-state index in [-0.39, 0.29) is 5.56 Å². The fraction of sp³-hybridized carbons (Fsp3) is 0.444. The summed E-state index contributed by atoms with van der Waals surface area (Å²) < 4.78 is 137. The zero-order valence-electron chi connectivity index (χ0n) is 17.1. The quantitative estimate of drug-likeness (QED) is 0.153. The fourth-order valence-corrected chi connectivity index (χ4v) is 2.56. The molecule has 1 unspecified atom stereocenters. The van der Waals surface area contributed by atoms with Crippen LogP contribution in [0.4, 0.5) is 30.7 Å². The van der Waals surface area contributed by atoms with E-state index in [1.807, 2.05) is 0 Å². The number of alkyl halides is 7. The normalized spacial score (nSPS) is 14.7. The molecule has 0 heterocycles. The summed E-state index contributed by atoms with van der Waals surface area (Å²) in [4.78, 5) is 24.1. The molecule has 192 valence electrons. The SMILES string of the molecule is C=C(C)C(=O)OC(OCCC(F)(F)C(F)(F)S(=O)(=O)O)(C(=O)OCc1ccccc1)C(F)(F)F. The van der Waals surface area contributed by atoms with E-state index in [1.165, 1.54) is 30.3 Å². The van der Waals surface area contributed by atoms with Crippen LogP contribution in [0.15, 0.2) is 42.5 Å². The van der Waals surface area contributed by atoms with Gasteiger partial charge in [-0.25, -0.2) is 9.59 Å². The molecule has 0 aliphatic rings. The van der Waals surface area contributed by atoms with Crippen LogP contribution in [0.1, 0.15) is 18.9 Å². The lowest BCUT2D eigenvalue weighted by Crippen LogP contribution is -2.59. The third-order valence-electron chi connectivity index (χ3n) is 3.91. The summed E-state index contributed by atoms with van der Waals surface area (Å²) in [6.07, 6.45) is -8.46. The zero-order chi connectivity index (χ0) is 26.6. The summed E-state index contributed by atoms with van der Waals surface area (Å²) in [7, 11) is -6.69. The first-order chi connectivity index (χ1) is 15.3. The molecule has 0 saturated carbocycles. The number of carbonyl (C=O) groups excluding carboxylic acids is 2. The maximum Gasteiger partial charge on any atom is 0.468 e. The maximum absolute atomic E-state index is 13.8. The Morgan fingerprint density at radius 3 is 2.00 bits per heavy atom. The molecule has 1 rings (SSSR count). The lowest BCUT2D eigenvalue weighted by molar-refractivity contribution is -0.357. The van der Waals surface area contributed by atoms with E-state index in [2.05, 4.69) is 20.8 Å². The molecule has 0 aliphatic heterocycles. The molecule has 1 aromatic rings. The van der Waals surface area contributed by atoms with Crippen molar-refractivity contribution in [2.75, 3.05) is 6.61 Å². The Kier molecular flexibility index (Phi) is 8.85. The topological polar surface area (TPSA) is 116 Å². The molecule has 0 aliphatic carbocycles. The van der Waals surface area contributed by atoms with E-state index in [0.717, 1.165) is 6.92 Å². The van der Waals surface area contributed by atoms with Gasteiger partial charge in [0, 0.05) is 12.0 Å². The molecular formula is C18H17F7O8S. The molecule has 0 aromatic heterocycles. The van der Waals surface area contributed by atoms with E-state index in [1.54, 1.807) is 0 Å². The Labute approximate surface area is 188 Å². The smallest absolute Gasteiger partial charge is 0.456 e. The third kappa shape index (κ3) is 6.44. The Balaban J connectivity index is 3.28. The highest BCUT2D eigenvalue weighted by Crippen LogP contribution is 2.42. The summed E-state index contributed by atoms with van der Waals surface area (Å²) in [5, 5.41) is -6.12. The predicted octanol–water partition coefficient (Wildman–Crippen LogP) is 3.63. The molecule has 0 radical (unpaired) electrons. The van der Waals surface area contributed by atoms with Gasteiger partial charge >= 0.3 is 45.2 Å². The van der Waals surface area contributed by atoms with Crippen molar-refractivity contribution in [3.8, 4) is 0 Å². The fourth-order valence-electron chi connectivity index (χ4n) is 2.08. The van der Waals surface area contributed by atoms with Crippen LogP contribution in [0.3, 0.4) is 0 Å². The summed E-state index contributed by atoms with van der Waals surface area (Å²) in [5.41, 5.74) is -0.547. The van der Waals surface area contributed by atoms with Gasteiger partial charge in [0.05, 0.1) is 6.61 Å². The molecule has 0 spiro atoms. The van der Waals surface area contributed by atoms with E-state index in [4.69, 9.17) is 4.55 Å². The summed E-state index contributed by atoms with van der Waals surface area (Å²) in [5.74, 6) is -14.7. The minimum absolute atomic E-state index is 0.150. The van der Waals surface area contributed by atoms with E-state index < -0.39 is 70.4 Å². The van der Waals surface area contributed by atoms with Crippen molar-refractivity contribution in [2.45, 2.75) is 43.1 Å². The number of hydrogen-bond acceptors (Lipinski definition) is 7. The average molecular weight is 526 g/mol. The van der Waals surface area contributed by atoms with Crippen molar-refractivity contribution in [1.82, 2.24) is 0 Å². The molecule has 34 heavy (non-hydrogen) atoms. The number of benzene rings is 1. The number of ether oxygens (including phenoxy) is 3. The average Bonchev–Trinajstić information content (AvgIpc) is 2.69. The zero-order valence-corrected chi connectivity index (χ0v) is 17.9. The molecule has 1 atom stereocenters. The lowest BCUT2D eigenvalue weighted by atomic mass is 10.2. The highest BCUT2D eigenvalue weighted by atomic mass is 32.2. The van der Waals surface area contributed by atoms with Gasteiger partial charge in [-0.3, -0.25) is 4.55 Å². The second-order valence-electron chi connectivity index (χ2n) is 6.64. The van der Waals surface area contributed by atoms with Gasteiger partial charge < -0.3 is 14.2 Å². The Morgan fingerprint density at radius 1 is 1.03 bits per heavy atom. The van der Waals surface area contributed by atoms with Crippen LogP contribution in [-0.2, 0) is 40.5 Å². The van der Waals surface area contributed by atoms with E-state index >= 15 is 0 Å². The lowest BCUT2D eigenvalue weighted by Gasteiger charge is -2.33. The molecule has 0 fully saturated rings. The molecule has 0 saturated heterocycles. The van der Waals surface area contributed by atoms with Crippen LogP contribution in [0.25, 0.3) is 0 Å². The van der Waals surface area contributed by atoms with Gasteiger partial charge in [0.1, 0.15) is 6.61 Å².